The van der Waals surface area contributed by atoms with E-state index in [0.29, 0.717) is 6.10 Å². The Kier molecular flexibility index (Phi) is 7.94. The zero-order valence-electron chi connectivity index (χ0n) is 10.3. The first-order valence-corrected chi connectivity index (χ1v) is 6.76. The van der Waals surface area contributed by atoms with Crippen LogP contribution < -0.4 is 5.32 Å². The fraction of sp³-hybridized carbons (Fsp3) is 1.00. The topological polar surface area (TPSA) is 21.3 Å². The fourth-order valence-corrected chi connectivity index (χ4v) is 2.16. The molecule has 1 N–H and O–H groups in total. The lowest BCUT2D eigenvalue weighted by atomic mass is 10.1. The van der Waals surface area contributed by atoms with E-state index in [4.69, 9.17) is 4.74 Å². The van der Waals surface area contributed by atoms with Gasteiger partial charge in [0.1, 0.15) is 0 Å². The van der Waals surface area contributed by atoms with Crippen molar-refractivity contribution in [3.8, 4) is 0 Å². The summed E-state index contributed by atoms with van der Waals surface area (Å²) >= 11 is 0. The van der Waals surface area contributed by atoms with Gasteiger partial charge < -0.3 is 10.1 Å². The smallest absolute Gasteiger partial charge is 0.0575 e. The van der Waals surface area contributed by atoms with Gasteiger partial charge in [0.15, 0.2) is 0 Å². The van der Waals surface area contributed by atoms with Crippen LogP contribution in [0.3, 0.4) is 0 Å². The summed E-state index contributed by atoms with van der Waals surface area (Å²) in [4.78, 5) is 0. The normalized spacial score (nSPS) is 19.0. The van der Waals surface area contributed by atoms with Crippen LogP contribution in [0, 0.1) is 0 Å². The number of rotatable bonds is 7. The molecule has 0 amide bonds. The zero-order valence-corrected chi connectivity index (χ0v) is 10.3. The van der Waals surface area contributed by atoms with Crippen LogP contribution in [0.4, 0.5) is 0 Å². The molecule has 1 aliphatic rings. The first-order chi connectivity index (χ1) is 7.43. The monoisotopic (exact) mass is 213 g/mol. The minimum absolute atomic E-state index is 0.568. The van der Waals surface area contributed by atoms with Crippen molar-refractivity contribution in [1.29, 1.82) is 0 Å². The third kappa shape index (κ3) is 6.91. The molecule has 2 heteroatoms. The second kappa shape index (κ2) is 9.17. The first-order valence-electron chi connectivity index (χ1n) is 6.76. The van der Waals surface area contributed by atoms with E-state index in [1.807, 2.05) is 0 Å². The fourth-order valence-electron chi connectivity index (χ4n) is 2.16. The summed E-state index contributed by atoms with van der Waals surface area (Å²) < 4.78 is 5.90. The largest absolute Gasteiger partial charge is 0.378 e. The number of hydrogen-bond acceptors (Lipinski definition) is 2. The molecule has 0 bridgehead atoms. The molecule has 1 aliphatic carbocycles. The molecule has 0 aromatic heterocycles. The lowest BCUT2D eigenvalue weighted by Crippen LogP contribution is -2.19. The highest BCUT2D eigenvalue weighted by Crippen LogP contribution is 2.19. The van der Waals surface area contributed by atoms with Crippen molar-refractivity contribution in [2.24, 2.45) is 0 Å². The van der Waals surface area contributed by atoms with Crippen LogP contribution >= 0.6 is 0 Å². The summed E-state index contributed by atoms with van der Waals surface area (Å²) in [7, 11) is 0. The Morgan fingerprint density at radius 2 is 1.80 bits per heavy atom. The van der Waals surface area contributed by atoms with Crippen LogP contribution in [0.15, 0.2) is 0 Å². The van der Waals surface area contributed by atoms with Gasteiger partial charge in [-0.15, -0.1) is 0 Å². The van der Waals surface area contributed by atoms with E-state index in [1.54, 1.807) is 0 Å². The zero-order chi connectivity index (χ0) is 10.8. The van der Waals surface area contributed by atoms with Crippen molar-refractivity contribution < 1.29 is 4.74 Å². The predicted molar refractivity (Wildman–Crippen MR) is 65.2 cm³/mol. The van der Waals surface area contributed by atoms with Crippen LogP contribution in [0.25, 0.3) is 0 Å². The minimum atomic E-state index is 0.568. The molecule has 1 saturated carbocycles. The molecule has 0 radical (unpaired) electrons. The molecule has 0 atom stereocenters. The van der Waals surface area contributed by atoms with E-state index in [-0.39, 0.29) is 0 Å². The Bertz CT molecular complexity index is 130. The van der Waals surface area contributed by atoms with E-state index in [1.165, 1.54) is 44.9 Å². The third-order valence-corrected chi connectivity index (χ3v) is 3.08. The van der Waals surface area contributed by atoms with E-state index < -0.39 is 0 Å². The van der Waals surface area contributed by atoms with Gasteiger partial charge in [0.25, 0.3) is 0 Å². The van der Waals surface area contributed by atoms with Gasteiger partial charge in [-0.05, 0) is 38.8 Å². The Labute approximate surface area is 94.8 Å². The average Bonchev–Trinajstić information content (AvgIpc) is 2.52. The van der Waals surface area contributed by atoms with Crippen LogP contribution in [0.2, 0.25) is 0 Å². The van der Waals surface area contributed by atoms with E-state index in [9.17, 15) is 0 Å². The van der Waals surface area contributed by atoms with Crippen molar-refractivity contribution in [2.75, 3.05) is 19.7 Å². The van der Waals surface area contributed by atoms with Crippen molar-refractivity contribution in [3.63, 3.8) is 0 Å². The third-order valence-electron chi connectivity index (χ3n) is 3.08. The summed E-state index contributed by atoms with van der Waals surface area (Å²) in [5, 5.41) is 3.41. The Balaban J connectivity index is 1.89. The van der Waals surface area contributed by atoms with Crippen molar-refractivity contribution >= 4 is 0 Å². The molecule has 0 unspecified atom stereocenters. The maximum Gasteiger partial charge on any atom is 0.0575 e. The van der Waals surface area contributed by atoms with Crippen LogP contribution in [-0.4, -0.2) is 25.8 Å². The number of nitrogens with one attached hydrogen (secondary N) is 1. The molecule has 0 aromatic rings. The van der Waals surface area contributed by atoms with Crippen molar-refractivity contribution in [1.82, 2.24) is 5.32 Å². The van der Waals surface area contributed by atoms with E-state index >= 15 is 0 Å². The molecule has 1 rings (SSSR count). The van der Waals surface area contributed by atoms with Gasteiger partial charge in [-0.1, -0.05) is 32.6 Å². The second-order valence-electron chi connectivity index (χ2n) is 4.59. The average molecular weight is 213 g/mol. The second-order valence-corrected chi connectivity index (χ2v) is 4.59. The lowest BCUT2D eigenvalue weighted by Gasteiger charge is -2.15. The Morgan fingerprint density at radius 1 is 1.07 bits per heavy atom. The highest BCUT2D eigenvalue weighted by atomic mass is 16.5. The first kappa shape index (κ1) is 13.0. The van der Waals surface area contributed by atoms with Gasteiger partial charge in [0.05, 0.1) is 6.10 Å². The van der Waals surface area contributed by atoms with Crippen molar-refractivity contribution in [2.45, 2.75) is 64.4 Å². The highest BCUT2D eigenvalue weighted by Gasteiger charge is 2.11. The maximum atomic E-state index is 5.90. The number of hydrogen-bond donors (Lipinski definition) is 1. The minimum Gasteiger partial charge on any atom is -0.378 e. The van der Waals surface area contributed by atoms with Gasteiger partial charge in [0.2, 0.25) is 0 Å². The van der Waals surface area contributed by atoms with Gasteiger partial charge in [-0.2, -0.15) is 0 Å². The quantitative estimate of drug-likeness (QED) is 0.518. The molecule has 0 spiro atoms. The van der Waals surface area contributed by atoms with Gasteiger partial charge in [-0.3, -0.25) is 0 Å². The molecule has 0 aliphatic heterocycles. The lowest BCUT2D eigenvalue weighted by molar-refractivity contribution is 0.0419. The molecule has 1 fully saturated rings. The van der Waals surface area contributed by atoms with Gasteiger partial charge in [-0.25, -0.2) is 0 Å². The summed E-state index contributed by atoms with van der Waals surface area (Å²) in [5.41, 5.74) is 0. The van der Waals surface area contributed by atoms with Gasteiger partial charge in [0, 0.05) is 6.61 Å². The van der Waals surface area contributed by atoms with Crippen LogP contribution in [-0.2, 0) is 4.74 Å². The molecule has 0 aromatic carbocycles. The molecule has 15 heavy (non-hydrogen) atoms. The van der Waals surface area contributed by atoms with Crippen LogP contribution in [0.1, 0.15) is 58.3 Å². The molecule has 90 valence electrons. The van der Waals surface area contributed by atoms with Gasteiger partial charge >= 0.3 is 0 Å². The Morgan fingerprint density at radius 3 is 2.47 bits per heavy atom. The number of ether oxygens (including phenoxy) is 1. The van der Waals surface area contributed by atoms with Crippen molar-refractivity contribution in [3.05, 3.63) is 0 Å². The molecule has 2 nitrogen and oxygen atoms in total. The molecule has 0 heterocycles. The standard InChI is InChI=1S/C13H27NO/c1-2-10-14-11-7-12-15-13-8-5-3-4-6-9-13/h13-14H,2-12H2,1H3. The van der Waals surface area contributed by atoms with Crippen LogP contribution in [0.5, 0.6) is 0 Å². The summed E-state index contributed by atoms with van der Waals surface area (Å²) in [6.45, 7) is 5.40. The molecular weight excluding hydrogens is 186 g/mol. The summed E-state index contributed by atoms with van der Waals surface area (Å²) in [6, 6.07) is 0. The highest BCUT2D eigenvalue weighted by molar-refractivity contribution is 4.63. The van der Waals surface area contributed by atoms with E-state index in [2.05, 4.69) is 12.2 Å². The summed E-state index contributed by atoms with van der Waals surface area (Å²) in [5.74, 6) is 0. The summed E-state index contributed by atoms with van der Waals surface area (Å²) in [6.07, 6.45) is 11.1. The Hall–Kier alpha value is -0.0800. The molecule has 0 saturated heterocycles. The predicted octanol–water partition coefficient (Wildman–Crippen LogP) is 3.12. The SMILES string of the molecule is CCCNCCCOC1CCCCCC1. The van der Waals surface area contributed by atoms with E-state index in [0.717, 1.165) is 26.1 Å². The maximum absolute atomic E-state index is 5.90. The molecular formula is C13H27NO.